The predicted octanol–water partition coefficient (Wildman–Crippen LogP) is 11.2. The molecule has 1 heteroatoms. The van der Waals surface area contributed by atoms with Crippen LogP contribution in [0.25, 0.3) is 53.9 Å². The van der Waals surface area contributed by atoms with Crippen LogP contribution in [0.4, 0.5) is 17.1 Å². The van der Waals surface area contributed by atoms with Crippen LogP contribution >= 0.6 is 0 Å². The lowest BCUT2D eigenvalue weighted by Crippen LogP contribution is -2.11. The molecule has 0 radical (unpaired) electrons. The summed E-state index contributed by atoms with van der Waals surface area (Å²) in [6.45, 7) is 2.15. The van der Waals surface area contributed by atoms with Crippen molar-refractivity contribution in [2.75, 3.05) is 4.90 Å². The summed E-state index contributed by atoms with van der Waals surface area (Å²) in [6.07, 6.45) is 0. The lowest BCUT2D eigenvalue weighted by molar-refractivity contribution is 1.33. The molecule has 0 aliphatic heterocycles. The second-order valence-corrected chi connectivity index (χ2v) is 10.7. The van der Waals surface area contributed by atoms with Crippen molar-refractivity contribution in [1.29, 1.82) is 0 Å². The molecule has 0 saturated heterocycles. The molecule has 8 aromatic rings. The molecule has 8 aromatic carbocycles. The van der Waals surface area contributed by atoms with Gasteiger partial charge in [0.15, 0.2) is 0 Å². The van der Waals surface area contributed by atoms with Gasteiger partial charge in [-0.2, -0.15) is 0 Å². The minimum absolute atomic E-state index is 1.15. The third-order valence-corrected chi connectivity index (χ3v) is 8.21. The molecule has 0 atom stereocenters. The van der Waals surface area contributed by atoms with Gasteiger partial charge < -0.3 is 4.90 Å². The quantitative estimate of drug-likeness (QED) is 0.214. The predicted molar refractivity (Wildman–Crippen MR) is 173 cm³/mol. The fourth-order valence-electron chi connectivity index (χ4n) is 6.34. The van der Waals surface area contributed by atoms with Gasteiger partial charge in [0.05, 0.1) is 11.4 Å². The first kappa shape index (κ1) is 22.8. The summed E-state index contributed by atoms with van der Waals surface area (Å²) < 4.78 is 0. The third-order valence-electron chi connectivity index (χ3n) is 8.21. The van der Waals surface area contributed by atoms with Crippen molar-refractivity contribution in [3.05, 3.63) is 151 Å². The van der Waals surface area contributed by atoms with Crippen molar-refractivity contribution in [2.45, 2.75) is 6.92 Å². The Balaban J connectivity index is 1.53. The third kappa shape index (κ3) is 3.56. The van der Waals surface area contributed by atoms with Gasteiger partial charge in [-0.05, 0) is 74.3 Å². The molecule has 0 aliphatic carbocycles. The van der Waals surface area contributed by atoms with Crippen LogP contribution in [0.1, 0.15) is 5.56 Å². The van der Waals surface area contributed by atoms with E-state index in [1.54, 1.807) is 0 Å². The molecule has 40 heavy (non-hydrogen) atoms. The Morgan fingerprint density at radius 1 is 0.350 bits per heavy atom. The Hall–Kier alpha value is -5.14. The van der Waals surface area contributed by atoms with Crippen LogP contribution in [-0.2, 0) is 0 Å². The summed E-state index contributed by atoms with van der Waals surface area (Å²) in [5.74, 6) is 0. The molecule has 0 aliphatic rings. The van der Waals surface area contributed by atoms with Crippen molar-refractivity contribution in [3.63, 3.8) is 0 Å². The number of benzene rings is 8. The Labute approximate surface area is 233 Å². The largest absolute Gasteiger partial charge is 0.309 e. The zero-order valence-corrected chi connectivity index (χ0v) is 22.3. The van der Waals surface area contributed by atoms with E-state index in [0.717, 1.165) is 5.69 Å². The maximum absolute atomic E-state index is 2.48. The topological polar surface area (TPSA) is 3.24 Å². The summed E-state index contributed by atoms with van der Waals surface area (Å²) in [5.41, 5.74) is 4.79. The second kappa shape index (κ2) is 8.97. The summed E-state index contributed by atoms with van der Waals surface area (Å²) in [5, 5.41) is 12.5. The molecule has 188 valence electrons. The fraction of sp³-hybridized carbons (Fsp3) is 0.0256. The SMILES string of the molecule is Cc1ccc2cc(N(c3cc4ccccc4c4ccccc34)c3cc4ccccc4c4ccccc34)ccc2c1. The van der Waals surface area contributed by atoms with Gasteiger partial charge in [-0.3, -0.25) is 0 Å². The van der Waals surface area contributed by atoms with Crippen molar-refractivity contribution < 1.29 is 0 Å². The van der Waals surface area contributed by atoms with E-state index in [0.29, 0.717) is 0 Å². The molecular weight excluding hydrogens is 482 g/mol. The first-order valence-electron chi connectivity index (χ1n) is 13.9. The molecule has 0 bridgehead atoms. The zero-order chi connectivity index (χ0) is 26.6. The minimum atomic E-state index is 1.15. The van der Waals surface area contributed by atoms with E-state index in [2.05, 4.69) is 157 Å². The van der Waals surface area contributed by atoms with Gasteiger partial charge in [-0.15, -0.1) is 0 Å². The molecule has 0 saturated carbocycles. The second-order valence-electron chi connectivity index (χ2n) is 10.7. The fourth-order valence-corrected chi connectivity index (χ4v) is 6.34. The highest BCUT2D eigenvalue weighted by molar-refractivity contribution is 6.18. The first-order chi connectivity index (χ1) is 19.7. The molecule has 0 amide bonds. The van der Waals surface area contributed by atoms with Gasteiger partial charge in [-0.25, -0.2) is 0 Å². The van der Waals surface area contributed by atoms with E-state index in [1.807, 2.05) is 0 Å². The van der Waals surface area contributed by atoms with Crippen molar-refractivity contribution in [3.8, 4) is 0 Å². The van der Waals surface area contributed by atoms with Crippen LogP contribution in [0.3, 0.4) is 0 Å². The average molecular weight is 510 g/mol. The average Bonchev–Trinajstić information content (AvgIpc) is 3.01. The standard InChI is InChI=1S/C39H27N/c1-26-18-19-28-23-31(21-20-27(28)22-26)40(38-24-29-10-2-4-12-32(29)34-14-6-8-16-36(34)38)39-25-30-11-3-5-13-33(30)35-15-7-9-17-37(35)39/h2-25H,1H3. The zero-order valence-electron chi connectivity index (χ0n) is 22.3. The van der Waals surface area contributed by atoms with Gasteiger partial charge in [0.25, 0.3) is 0 Å². The van der Waals surface area contributed by atoms with Crippen LogP contribution in [0, 0.1) is 6.92 Å². The molecular formula is C39H27N. The van der Waals surface area contributed by atoms with Gasteiger partial charge in [-0.1, -0.05) is 127 Å². The van der Waals surface area contributed by atoms with Crippen LogP contribution < -0.4 is 4.90 Å². The number of rotatable bonds is 3. The van der Waals surface area contributed by atoms with Crippen LogP contribution in [0.15, 0.2) is 146 Å². The number of hydrogen-bond acceptors (Lipinski definition) is 1. The highest BCUT2D eigenvalue weighted by atomic mass is 15.1. The summed E-state index contributed by atoms with van der Waals surface area (Å²) in [4.78, 5) is 2.48. The molecule has 8 rings (SSSR count). The maximum Gasteiger partial charge on any atom is 0.0546 e. The molecule has 0 unspecified atom stereocenters. The van der Waals surface area contributed by atoms with E-state index in [1.165, 1.54) is 70.8 Å². The number of hydrogen-bond donors (Lipinski definition) is 0. The number of anilines is 3. The van der Waals surface area contributed by atoms with Crippen LogP contribution in [-0.4, -0.2) is 0 Å². The number of nitrogens with zero attached hydrogens (tertiary/aromatic N) is 1. The highest BCUT2D eigenvalue weighted by Gasteiger charge is 2.20. The Bertz CT molecular complexity index is 2120. The van der Waals surface area contributed by atoms with Gasteiger partial charge in [0.2, 0.25) is 0 Å². The van der Waals surface area contributed by atoms with E-state index < -0.39 is 0 Å². The maximum atomic E-state index is 2.48. The van der Waals surface area contributed by atoms with E-state index in [4.69, 9.17) is 0 Å². The van der Waals surface area contributed by atoms with Crippen LogP contribution in [0.5, 0.6) is 0 Å². The molecule has 1 nitrogen and oxygen atoms in total. The molecule has 0 N–H and O–H groups in total. The minimum Gasteiger partial charge on any atom is -0.309 e. The summed E-state index contributed by atoms with van der Waals surface area (Å²) in [6, 6.07) is 53.4. The lowest BCUT2D eigenvalue weighted by Gasteiger charge is -2.29. The number of fused-ring (bicyclic) bond motifs is 7. The normalized spacial score (nSPS) is 11.6. The number of aryl methyl sites for hydroxylation is 1. The van der Waals surface area contributed by atoms with E-state index in [-0.39, 0.29) is 0 Å². The lowest BCUT2D eigenvalue weighted by atomic mass is 9.96. The van der Waals surface area contributed by atoms with Gasteiger partial charge in [0, 0.05) is 16.5 Å². The molecule has 0 aromatic heterocycles. The molecule has 0 fully saturated rings. The van der Waals surface area contributed by atoms with Gasteiger partial charge in [0.1, 0.15) is 0 Å². The smallest absolute Gasteiger partial charge is 0.0546 e. The Kier molecular flexibility index (Phi) is 5.11. The summed E-state index contributed by atoms with van der Waals surface area (Å²) in [7, 11) is 0. The van der Waals surface area contributed by atoms with E-state index >= 15 is 0 Å². The Morgan fingerprint density at radius 3 is 1.38 bits per heavy atom. The van der Waals surface area contributed by atoms with Crippen LogP contribution in [0.2, 0.25) is 0 Å². The van der Waals surface area contributed by atoms with E-state index in [9.17, 15) is 0 Å². The summed E-state index contributed by atoms with van der Waals surface area (Å²) >= 11 is 0. The molecule has 0 heterocycles. The first-order valence-corrected chi connectivity index (χ1v) is 13.9. The molecule has 0 spiro atoms. The van der Waals surface area contributed by atoms with Crippen molar-refractivity contribution >= 4 is 70.9 Å². The van der Waals surface area contributed by atoms with Crippen molar-refractivity contribution in [1.82, 2.24) is 0 Å². The van der Waals surface area contributed by atoms with Crippen molar-refractivity contribution in [2.24, 2.45) is 0 Å². The Morgan fingerprint density at radius 2 is 0.800 bits per heavy atom. The monoisotopic (exact) mass is 509 g/mol. The highest BCUT2D eigenvalue weighted by Crippen LogP contribution is 2.46. The van der Waals surface area contributed by atoms with Gasteiger partial charge >= 0.3 is 0 Å².